The zero-order chi connectivity index (χ0) is 19.0. The molecule has 26 heavy (non-hydrogen) atoms. The Kier molecular flexibility index (Phi) is 9.27. The molecule has 154 valence electrons. The maximum atomic E-state index is 10.3. The minimum atomic E-state index is -0.984. The van der Waals surface area contributed by atoms with Gasteiger partial charge in [0.25, 0.3) is 0 Å². The van der Waals surface area contributed by atoms with E-state index in [4.69, 9.17) is 14.2 Å². The molecule has 0 aromatic carbocycles. The van der Waals surface area contributed by atoms with Gasteiger partial charge in [-0.25, -0.2) is 0 Å². The van der Waals surface area contributed by atoms with E-state index in [0.717, 1.165) is 12.8 Å². The quantitative estimate of drug-likeness (QED) is 0.405. The third kappa shape index (κ3) is 4.97. The molecule has 5 unspecified atom stereocenters. The Balaban J connectivity index is 1.60. The molecule has 2 rings (SSSR count). The van der Waals surface area contributed by atoms with Gasteiger partial charge in [-0.2, -0.15) is 0 Å². The number of methoxy groups -OCH3 is 1. The number of ether oxygens (including phenoxy) is 3. The zero-order valence-electron chi connectivity index (χ0n) is 16.4. The maximum Gasteiger partial charge on any atom is 0.184 e. The van der Waals surface area contributed by atoms with Gasteiger partial charge in [0.05, 0.1) is 18.6 Å². The lowest BCUT2D eigenvalue weighted by Crippen LogP contribution is -2.52. The number of hydrogen-bond acceptors (Lipinski definition) is 6. The normalized spacial score (nSPS) is 36.1. The lowest BCUT2D eigenvalue weighted by atomic mass is 10.0. The number of fused-ring (bicyclic) bond motifs is 1. The van der Waals surface area contributed by atoms with Gasteiger partial charge in [0.2, 0.25) is 0 Å². The van der Waals surface area contributed by atoms with Crippen LogP contribution in [0.25, 0.3) is 0 Å². The number of unbranched alkanes of at least 4 members (excludes halogenated alkanes) is 9. The summed E-state index contributed by atoms with van der Waals surface area (Å²) < 4.78 is 16.6. The second-order valence-electron chi connectivity index (χ2n) is 7.76. The van der Waals surface area contributed by atoms with E-state index in [1.807, 2.05) is 0 Å². The van der Waals surface area contributed by atoms with Gasteiger partial charge in [-0.1, -0.05) is 64.7 Å². The number of aliphatic hydroxyl groups excluding tert-OH is 3. The Bertz CT molecular complexity index is 388. The third-order valence-corrected chi connectivity index (χ3v) is 5.91. The first-order valence-electron chi connectivity index (χ1n) is 10.4. The van der Waals surface area contributed by atoms with Gasteiger partial charge in [-0.3, -0.25) is 0 Å². The summed E-state index contributed by atoms with van der Waals surface area (Å²) in [7, 11) is 1.44. The molecule has 1 heterocycles. The molecule has 1 saturated carbocycles. The molecule has 0 bridgehead atoms. The summed E-state index contributed by atoms with van der Waals surface area (Å²) in [5.74, 6) is -0.457. The molecule has 0 amide bonds. The van der Waals surface area contributed by atoms with E-state index in [0.29, 0.717) is 6.61 Å². The van der Waals surface area contributed by atoms with Gasteiger partial charge >= 0.3 is 0 Å². The lowest BCUT2D eigenvalue weighted by Gasteiger charge is -2.37. The highest BCUT2D eigenvalue weighted by atomic mass is 16.7. The molecule has 6 heteroatoms. The van der Waals surface area contributed by atoms with Crippen LogP contribution in [-0.2, 0) is 14.2 Å². The molecule has 0 aromatic rings. The minimum Gasteiger partial charge on any atom is -0.394 e. The van der Waals surface area contributed by atoms with Crippen LogP contribution in [0.15, 0.2) is 0 Å². The molecular weight excluding hydrogens is 336 g/mol. The van der Waals surface area contributed by atoms with Gasteiger partial charge in [0.1, 0.15) is 17.8 Å². The van der Waals surface area contributed by atoms with Crippen LogP contribution in [0.5, 0.6) is 0 Å². The van der Waals surface area contributed by atoms with Crippen molar-refractivity contribution in [2.24, 2.45) is 5.92 Å². The Hall–Kier alpha value is -0.240. The fraction of sp³-hybridized carbons (Fsp3) is 1.00. The Morgan fingerprint density at radius 3 is 2.04 bits per heavy atom. The molecule has 6 nitrogen and oxygen atoms in total. The molecule has 0 spiro atoms. The molecule has 2 aliphatic rings. The third-order valence-electron chi connectivity index (χ3n) is 5.91. The molecule has 0 radical (unpaired) electrons. The van der Waals surface area contributed by atoms with Crippen LogP contribution >= 0.6 is 0 Å². The van der Waals surface area contributed by atoms with Crippen LogP contribution in [0.2, 0.25) is 0 Å². The first-order valence-corrected chi connectivity index (χ1v) is 10.4. The fourth-order valence-electron chi connectivity index (χ4n) is 4.26. The van der Waals surface area contributed by atoms with E-state index in [1.165, 1.54) is 58.5 Å². The van der Waals surface area contributed by atoms with Crippen molar-refractivity contribution in [1.82, 2.24) is 0 Å². The Morgan fingerprint density at radius 1 is 0.923 bits per heavy atom. The molecule has 1 aliphatic carbocycles. The zero-order valence-corrected chi connectivity index (χ0v) is 16.4. The standard InChI is InChI=1S/C20H38O6/c1-3-4-5-6-7-8-9-10-11-12-13-25-20-15(14-21)26-19(24-2)17(22)16(20)18(20)23/h15-19,21-23H,3-14H2,1-2H3/t15?,16?,17?,18?,19-,20?/m0/s1. The molecule has 6 atom stereocenters. The van der Waals surface area contributed by atoms with Crippen molar-refractivity contribution in [3.8, 4) is 0 Å². The monoisotopic (exact) mass is 374 g/mol. The largest absolute Gasteiger partial charge is 0.394 e. The summed E-state index contributed by atoms with van der Waals surface area (Å²) in [4.78, 5) is 0. The van der Waals surface area contributed by atoms with Gasteiger partial charge < -0.3 is 29.5 Å². The van der Waals surface area contributed by atoms with Crippen molar-refractivity contribution in [2.75, 3.05) is 20.3 Å². The molecule has 1 aliphatic heterocycles. The highest BCUT2D eigenvalue weighted by molar-refractivity contribution is 5.24. The van der Waals surface area contributed by atoms with Crippen LogP contribution < -0.4 is 0 Å². The number of hydrogen-bond donors (Lipinski definition) is 3. The predicted molar refractivity (Wildman–Crippen MR) is 98.8 cm³/mol. The van der Waals surface area contributed by atoms with Crippen LogP contribution in [-0.4, -0.2) is 65.8 Å². The maximum absolute atomic E-state index is 10.3. The topological polar surface area (TPSA) is 88.4 Å². The van der Waals surface area contributed by atoms with Crippen molar-refractivity contribution in [2.45, 2.75) is 101 Å². The summed E-state index contributed by atoms with van der Waals surface area (Å²) in [5.41, 5.74) is -0.984. The smallest absolute Gasteiger partial charge is 0.184 e. The van der Waals surface area contributed by atoms with E-state index in [9.17, 15) is 15.3 Å². The first-order chi connectivity index (χ1) is 12.6. The molecule has 0 aromatic heterocycles. The van der Waals surface area contributed by atoms with E-state index >= 15 is 0 Å². The predicted octanol–water partition coefficient (Wildman–Crippen LogP) is 2.38. The van der Waals surface area contributed by atoms with Crippen molar-refractivity contribution in [3.05, 3.63) is 0 Å². The molecule has 1 saturated heterocycles. The lowest BCUT2D eigenvalue weighted by molar-refractivity contribution is -0.273. The SMILES string of the molecule is CCCCCCCCCCCCOC12C(CO)O[C@H](OC)C(O)C1C2O. The molecule has 3 N–H and O–H groups in total. The summed E-state index contributed by atoms with van der Waals surface area (Å²) in [6.45, 7) is 2.48. The summed E-state index contributed by atoms with van der Waals surface area (Å²) in [5, 5.41) is 30.1. The summed E-state index contributed by atoms with van der Waals surface area (Å²) >= 11 is 0. The average Bonchev–Trinajstić information content (AvgIpc) is 3.26. The Morgan fingerprint density at radius 2 is 1.50 bits per heavy atom. The molecule has 2 fully saturated rings. The number of rotatable bonds is 14. The van der Waals surface area contributed by atoms with E-state index < -0.39 is 36.1 Å². The minimum absolute atomic E-state index is 0.266. The van der Waals surface area contributed by atoms with E-state index in [-0.39, 0.29) is 6.61 Å². The average molecular weight is 375 g/mol. The second-order valence-corrected chi connectivity index (χ2v) is 7.76. The van der Waals surface area contributed by atoms with E-state index in [2.05, 4.69) is 6.92 Å². The van der Waals surface area contributed by atoms with Crippen molar-refractivity contribution in [1.29, 1.82) is 0 Å². The van der Waals surface area contributed by atoms with Gasteiger partial charge in [-0.05, 0) is 6.42 Å². The molecular formula is C20H38O6. The van der Waals surface area contributed by atoms with Crippen molar-refractivity contribution >= 4 is 0 Å². The van der Waals surface area contributed by atoms with Gasteiger partial charge in [0.15, 0.2) is 6.29 Å². The highest BCUT2D eigenvalue weighted by Gasteiger charge is 2.76. The fourth-order valence-corrected chi connectivity index (χ4v) is 4.26. The highest BCUT2D eigenvalue weighted by Crippen LogP contribution is 2.56. The first kappa shape index (κ1) is 22.1. The van der Waals surface area contributed by atoms with Crippen molar-refractivity contribution < 1.29 is 29.5 Å². The van der Waals surface area contributed by atoms with Crippen LogP contribution in [0.1, 0.15) is 71.1 Å². The Labute approximate surface area is 157 Å². The number of aliphatic hydroxyl groups is 3. The summed E-state index contributed by atoms with van der Waals surface area (Å²) in [6.07, 6.45) is 9.22. The van der Waals surface area contributed by atoms with Crippen molar-refractivity contribution in [3.63, 3.8) is 0 Å². The second kappa shape index (κ2) is 10.9. The van der Waals surface area contributed by atoms with Gasteiger partial charge in [0, 0.05) is 13.7 Å². The van der Waals surface area contributed by atoms with Gasteiger partial charge in [-0.15, -0.1) is 0 Å². The van der Waals surface area contributed by atoms with Crippen LogP contribution in [0.4, 0.5) is 0 Å². The summed E-state index contributed by atoms with van der Waals surface area (Å²) in [6, 6.07) is 0. The van der Waals surface area contributed by atoms with Crippen LogP contribution in [0, 0.1) is 5.92 Å². The van der Waals surface area contributed by atoms with E-state index in [1.54, 1.807) is 0 Å². The van der Waals surface area contributed by atoms with Crippen LogP contribution in [0.3, 0.4) is 0 Å².